The summed E-state index contributed by atoms with van der Waals surface area (Å²) >= 11 is 5.90. The van der Waals surface area contributed by atoms with E-state index in [0.29, 0.717) is 28.1 Å². The minimum atomic E-state index is -0.326. The molecule has 0 unspecified atom stereocenters. The number of aliphatic imine (C=N–C) groups is 1. The number of hydroxylamine groups is 1. The highest BCUT2D eigenvalue weighted by atomic mass is 35.5. The molecule has 0 saturated heterocycles. The second-order valence-corrected chi connectivity index (χ2v) is 6.54. The van der Waals surface area contributed by atoms with E-state index in [1.807, 2.05) is 39.8 Å². The molecule has 0 radical (unpaired) electrons. The highest BCUT2D eigenvalue weighted by molar-refractivity contribution is 6.30. The van der Waals surface area contributed by atoms with Crippen LogP contribution in [0.2, 0.25) is 5.02 Å². The van der Waals surface area contributed by atoms with Crippen LogP contribution >= 0.6 is 11.6 Å². The Morgan fingerprint density at radius 2 is 1.92 bits per heavy atom. The molecule has 1 heterocycles. The van der Waals surface area contributed by atoms with Gasteiger partial charge in [-0.3, -0.25) is 15.7 Å². The second-order valence-electron chi connectivity index (χ2n) is 6.10. The normalized spacial score (nSPS) is 12.2. The summed E-state index contributed by atoms with van der Waals surface area (Å²) in [6, 6.07) is 10.7. The van der Waals surface area contributed by atoms with Crippen LogP contribution in [-0.4, -0.2) is 21.6 Å². The molecule has 6 heteroatoms. The molecule has 0 spiro atoms. The summed E-state index contributed by atoms with van der Waals surface area (Å²) in [5.74, 6) is 1.29. The summed E-state index contributed by atoms with van der Waals surface area (Å²) in [4.78, 5) is 9.00. The number of ether oxygens (including phenoxy) is 1. The van der Waals surface area contributed by atoms with Crippen LogP contribution in [0, 0.1) is 6.92 Å². The summed E-state index contributed by atoms with van der Waals surface area (Å²) in [5, 5.41) is 10.2. The van der Waals surface area contributed by atoms with Gasteiger partial charge in [0.25, 0.3) is 0 Å². The number of benzene rings is 1. The molecule has 1 aromatic carbocycles. The lowest BCUT2D eigenvalue weighted by Gasteiger charge is -2.20. The minimum Gasteiger partial charge on any atom is -0.438 e. The van der Waals surface area contributed by atoms with Crippen LogP contribution in [-0.2, 0) is 0 Å². The molecule has 2 aromatic rings. The fraction of sp³-hybridized carbons (Fsp3) is 0.333. The van der Waals surface area contributed by atoms with Crippen molar-refractivity contribution in [1.82, 2.24) is 10.5 Å². The number of hydrogen-bond acceptors (Lipinski definition) is 4. The molecular weight excluding hydrogens is 326 g/mol. The first-order valence-corrected chi connectivity index (χ1v) is 8.14. The van der Waals surface area contributed by atoms with Crippen molar-refractivity contribution in [2.75, 3.05) is 0 Å². The van der Waals surface area contributed by atoms with Gasteiger partial charge in [-0.15, -0.1) is 0 Å². The molecule has 2 rings (SSSR count). The Hall–Kier alpha value is -2.11. The fourth-order valence-electron chi connectivity index (χ4n) is 1.93. The quantitative estimate of drug-likeness (QED) is 0.465. The first kappa shape index (κ1) is 18.2. The number of halogens is 1. The maximum absolute atomic E-state index is 9.55. The van der Waals surface area contributed by atoms with Crippen LogP contribution in [0.15, 0.2) is 41.4 Å². The number of nitrogens with zero attached hydrogens (tertiary/aromatic N) is 2. The number of hydrogen-bond donors (Lipinski definition) is 2. The van der Waals surface area contributed by atoms with E-state index in [2.05, 4.69) is 15.5 Å². The van der Waals surface area contributed by atoms with Gasteiger partial charge in [0.15, 0.2) is 5.84 Å². The predicted octanol–water partition coefficient (Wildman–Crippen LogP) is 4.75. The van der Waals surface area contributed by atoms with E-state index < -0.39 is 0 Å². The standard InChI is InChI=1S/C18H22ClN3O2/c1-5-18(3,4)21-16(22-23)15-11-6-12(2)20-17(15)24-14-9-7-13(19)8-10-14/h6-11,23H,5H2,1-4H3,(H,21,22). The van der Waals surface area contributed by atoms with Gasteiger partial charge in [0.05, 0.1) is 11.1 Å². The summed E-state index contributed by atoms with van der Waals surface area (Å²) in [7, 11) is 0. The molecule has 1 aromatic heterocycles. The average Bonchev–Trinajstić information content (AvgIpc) is 2.55. The van der Waals surface area contributed by atoms with Crippen molar-refractivity contribution in [3.8, 4) is 11.6 Å². The molecule has 24 heavy (non-hydrogen) atoms. The number of nitrogens with one attached hydrogen (secondary N) is 1. The lowest BCUT2D eigenvalue weighted by atomic mass is 10.0. The zero-order chi connectivity index (χ0) is 17.7. The lowest BCUT2D eigenvalue weighted by molar-refractivity contribution is 0.232. The van der Waals surface area contributed by atoms with Crippen molar-refractivity contribution in [3.63, 3.8) is 0 Å². The SMILES string of the molecule is CCC(C)(C)N=C(NO)c1ccc(C)nc1Oc1ccc(Cl)cc1. The Balaban J connectivity index is 2.44. The van der Waals surface area contributed by atoms with E-state index in [9.17, 15) is 5.21 Å². The molecule has 0 aliphatic carbocycles. The smallest absolute Gasteiger partial charge is 0.230 e. The highest BCUT2D eigenvalue weighted by Crippen LogP contribution is 2.26. The molecule has 128 valence electrons. The minimum absolute atomic E-state index is 0.318. The molecule has 0 fully saturated rings. The monoisotopic (exact) mass is 347 g/mol. The maximum atomic E-state index is 9.55. The molecule has 0 aliphatic rings. The molecule has 0 saturated carbocycles. The largest absolute Gasteiger partial charge is 0.438 e. The molecule has 2 N–H and O–H groups in total. The molecular formula is C18H22ClN3O2. The number of pyridine rings is 1. The zero-order valence-electron chi connectivity index (χ0n) is 14.3. The number of rotatable bonds is 5. The van der Waals surface area contributed by atoms with Gasteiger partial charge in [-0.2, -0.15) is 0 Å². The van der Waals surface area contributed by atoms with Gasteiger partial charge in [0.2, 0.25) is 5.88 Å². The Bertz CT molecular complexity index is 728. The lowest BCUT2D eigenvalue weighted by Crippen LogP contribution is -2.27. The van der Waals surface area contributed by atoms with Crippen LogP contribution in [0.1, 0.15) is 38.4 Å². The predicted molar refractivity (Wildman–Crippen MR) is 96.3 cm³/mol. The van der Waals surface area contributed by atoms with Crippen LogP contribution in [0.25, 0.3) is 0 Å². The van der Waals surface area contributed by atoms with Crippen LogP contribution in [0.4, 0.5) is 0 Å². The molecule has 0 atom stereocenters. The highest BCUT2D eigenvalue weighted by Gasteiger charge is 2.19. The summed E-state index contributed by atoms with van der Waals surface area (Å²) in [6.07, 6.45) is 0.824. The van der Waals surface area contributed by atoms with Gasteiger partial charge in [-0.05, 0) is 63.6 Å². The van der Waals surface area contributed by atoms with Gasteiger partial charge in [-0.25, -0.2) is 4.98 Å². The third-order valence-corrected chi connectivity index (χ3v) is 3.92. The second kappa shape index (κ2) is 7.64. The zero-order valence-corrected chi connectivity index (χ0v) is 15.1. The number of aromatic nitrogens is 1. The van der Waals surface area contributed by atoms with E-state index in [1.54, 1.807) is 24.3 Å². The van der Waals surface area contributed by atoms with Crippen LogP contribution < -0.4 is 10.2 Å². The Labute approximate surface area is 147 Å². The third kappa shape index (κ3) is 4.69. The van der Waals surface area contributed by atoms with Crippen molar-refractivity contribution in [3.05, 3.63) is 52.7 Å². The molecule has 5 nitrogen and oxygen atoms in total. The summed E-state index contributed by atoms with van der Waals surface area (Å²) < 4.78 is 5.87. The van der Waals surface area contributed by atoms with Gasteiger partial charge in [0.1, 0.15) is 5.75 Å². The van der Waals surface area contributed by atoms with E-state index in [0.717, 1.165) is 12.1 Å². The van der Waals surface area contributed by atoms with Gasteiger partial charge < -0.3 is 4.74 Å². The first-order valence-electron chi connectivity index (χ1n) is 7.76. The molecule has 0 amide bonds. The Morgan fingerprint density at radius 3 is 2.50 bits per heavy atom. The number of aryl methyl sites for hydroxylation is 1. The van der Waals surface area contributed by atoms with E-state index in [1.165, 1.54) is 0 Å². The Kier molecular flexibility index (Phi) is 5.80. The average molecular weight is 348 g/mol. The number of amidine groups is 1. The molecule has 0 aliphatic heterocycles. The third-order valence-electron chi connectivity index (χ3n) is 3.67. The van der Waals surface area contributed by atoms with Gasteiger partial charge >= 0.3 is 0 Å². The topological polar surface area (TPSA) is 66.7 Å². The van der Waals surface area contributed by atoms with Crippen molar-refractivity contribution in [2.24, 2.45) is 4.99 Å². The summed E-state index contributed by atoms with van der Waals surface area (Å²) in [6.45, 7) is 7.89. The summed E-state index contributed by atoms with van der Waals surface area (Å²) in [5.41, 5.74) is 3.23. The van der Waals surface area contributed by atoms with Crippen molar-refractivity contribution in [1.29, 1.82) is 0 Å². The molecule has 0 bridgehead atoms. The van der Waals surface area contributed by atoms with Crippen LogP contribution in [0.3, 0.4) is 0 Å². The van der Waals surface area contributed by atoms with Gasteiger partial charge in [0, 0.05) is 10.7 Å². The van der Waals surface area contributed by atoms with Crippen LogP contribution in [0.5, 0.6) is 11.6 Å². The van der Waals surface area contributed by atoms with E-state index >= 15 is 0 Å². The Morgan fingerprint density at radius 1 is 1.25 bits per heavy atom. The van der Waals surface area contributed by atoms with E-state index in [4.69, 9.17) is 16.3 Å². The first-order chi connectivity index (χ1) is 11.3. The van der Waals surface area contributed by atoms with Crippen molar-refractivity contribution < 1.29 is 9.94 Å². The van der Waals surface area contributed by atoms with Crippen molar-refractivity contribution in [2.45, 2.75) is 39.7 Å². The van der Waals surface area contributed by atoms with Crippen molar-refractivity contribution >= 4 is 17.4 Å². The maximum Gasteiger partial charge on any atom is 0.230 e. The fourth-order valence-corrected chi connectivity index (χ4v) is 2.06. The van der Waals surface area contributed by atoms with Gasteiger partial charge in [-0.1, -0.05) is 18.5 Å². The van der Waals surface area contributed by atoms with E-state index in [-0.39, 0.29) is 5.54 Å².